The number of nitrogens with zero attached hydrogens (tertiary/aromatic N) is 1. The van der Waals surface area contributed by atoms with Crippen molar-refractivity contribution in [3.8, 4) is 0 Å². The van der Waals surface area contributed by atoms with Crippen molar-refractivity contribution in [1.29, 1.82) is 0 Å². The molecular formula is C15H31N3O. The molecule has 0 spiro atoms. The molecule has 1 aliphatic rings. The first kappa shape index (κ1) is 16.4. The van der Waals surface area contributed by atoms with Gasteiger partial charge < -0.3 is 15.5 Å². The predicted molar refractivity (Wildman–Crippen MR) is 80.2 cm³/mol. The molecule has 0 radical (unpaired) electrons. The van der Waals surface area contributed by atoms with Gasteiger partial charge in [0.25, 0.3) is 0 Å². The quantitative estimate of drug-likeness (QED) is 0.701. The Kier molecular flexibility index (Phi) is 8.07. The average molecular weight is 269 g/mol. The Labute approximate surface area is 118 Å². The summed E-state index contributed by atoms with van der Waals surface area (Å²) in [5.41, 5.74) is 0. The third-order valence-corrected chi connectivity index (χ3v) is 4.34. The summed E-state index contributed by atoms with van der Waals surface area (Å²) >= 11 is 0. The van der Waals surface area contributed by atoms with Gasteiger partial charge in [-0.25, -0.2) is 0 Å². The van der Waals surface area contributed by atoms with E-state index in [4.69, 9.17) is 0 Å². The summed E-state index contributed by atoms with van der Waals surface area (Å²) in [6.45, 7) is 12.6. The molecule has 0 bridgehead atoms. The van der Waals surface area contributed by atoms with Crippen LogP contribution in [0.15, 0.2) is 0 Å². The van der Waals surface area contributed by atoms with E-state index < -0.39 is 0 Å². The van der Waals surface area contributed by atoms with Crippen LogP contribution in [0, 0.1) is 11.8 Å². The van der Waals surface area contributed by atoms with Gasteiger partial charge in [-0.15, -0.1) is 0 Å². The first-order chi connectivity index (χ1) is 9.17. The summed E-state index contributed by atoms with van der Waals surface area (Å²) in [5, 5.41) is 6.43. The van der Waals surface area contributed by atoms with Gasteiger partial charge >= 0.3 is 0 Å². The van der Waals surface area contributed by atoms with E-state index in [1.165, 1.54) is 12.8 Å². The summed E-state index contributed by atoms with van der Waals surface area (Å²) < 4.78 is 0. The molecule has 1 amide bonds. The second-order valence-electron chi connectivity index (χ2n) is 5.65. The number of nitrogens with one attached hydrogen (secondary N) is 2. The van der Waals surface area contributed by atoms with Crippen LogP contribution in [0.2, 0.25) is 0 Å². The Morgan fingerprint density at radius 3 is 2.53 bits per heavy atom. The number of likely N-dealkylation sites (N-methyl/N-ethyl adjacent to an activating group) is 1. The van der Waals surface area contributed by atoms with Gasteiger partial charge in [-0.2, -0.15) is 0 Å². The van der Waals surface area contributed by atoms with Crippen LogP contribution in [0.4, 0.5) is 0 Å². The molecule has 0 aromatic heterocycles. The van der Waals surface area contributed by atoms with Crippen molar-refractivity contribution >= 4 is 5.91 Å². The number of piperidine rings is 1. The Morgan fingerprint density at radius 1 is 1.32 bits per heavy atom. The molecule has 4 heteroatoms. The second kappa shape index (κ2) is 9.32. The van der Waals surface area contributed by atoms with Crippen molar-refractivity contribution < 1.29 is 4.79 Å². The van der Waals surface area contributed by atoms with E-state index in [0.717, 1.165) is 45.2 Å². The number of carbonyl (C=O) groups is 1. The predicted octanol–water partition coefficient (Wildman–Crippen LogP) is 1.47. The molecule has 4 nitrogen and oxygen atoms in total. The van der Waals surface area contributed by atoms with Crippen LogP contribution >= 0.6 is 0 Å². The number of amides is 1. The molecular weight excluding hydrogens is 238 g/mol. The monoisotopic (exact) mass is 269 g/mol. The highest BCUT2D eigenvalue weighted by Crippen LogP contribution is 2.23. The van der Waals surface area contributed by atoms with Gasteiger partial charge in [0, 0.05) is 19.5 Å². The lowest BCUT2D eigenvalue weighted by atomic mass is 9.84. The summed E-state index contributed by atoms with van der Waals surface area (Å²) in [7, 11) is 0. The van der Waals surface area contributed by atoms with Gasteiger partial charge in [0.1, 0.15) is 0 Å². The molecule has 0 saturated carbocycles. The fourth-order valence-electron chi connectivity index (χ4n) is 2.84. The van der Waals surface area contributed by atoms with Gasteiger partial charge in [0.2, 0.25) is 5.91 Å². The lowest BCUT2D eigenvalue weighted by Gasteiger charge is -2.28. The summed E-state index contributed by atoms with van der Waals surface area (Å²) in [4.78, 5) is 14.2. The van der Waals surface area contributed by atoms with Gasteiger partial charge in [-0.3, -0.25) is 4.79 Å². The fraction of sp³-hybridized carbons (Fsp3) is 0.933. The Bertz CT molecular complexity index is 248. The van der Waals surface area contributed by atoms with Crippen molar-refractivity contribution in [1.82, 2.24) is 15.5 Å². The average Bonchev–Trinajstić information content (AvgIpc) is 2.44. The van der Waals surface area contributed by atoms with Gasteiger partial charge in [0.15, 0.2) is 0 Å². The van der Waals surface area contributed by atoms with E-state index >= 15 is 0 Å². The van der Waals surface area contributed by atoms with E-state index in [9.17, 15) is 4.79 Å². The number of hydrogen-bond acceptors (Lipinski definition) is 3. The van der Waals surface area contributed by atoms with Gasteiger partial charge in [-0.05, 0) is 50.9 Å². The Hall–Kier alpha value is -0.610. The van der Waals surface area contributed by atoms with Crippen LogP contribution in [-0.2, 0) is 4.79 Å². The van der Waals surface area contributed by atoms with Crippen LogP contribution < -0.4 is 10.6 Å². The van der Waals surface area contributed by atoms with Crippen LogP contribution in [0.5, 0.6) is 0 Å². The lowest BCUT2D eigenvalue weighted by molar-refractivity contribution is -0.122. The molecule has 2 N–H and O–H groups in total. The number of rotatable bonds is 8. The SMILES string of the molecule is CCN(CC)CCNC(=O)CC(C)C1CCNCC1. The van der Waals surface area contributed by atoms with Crippen LogP contribution in [0.1, 0.15) is 40.0 Å². The minimum absolute atomic E-state index is 0.221. The highest BCUT2D eigenvalue weighted by atomic mass is 16.1. The zero-order valence-corrected chi connectivity index (χ0v) is 12.9. The van der Waals surface area contributed by atoms with E-state index in [1.807, 2.05) is 0 Å². The molecule has 19 heavy (non-hydrogen) atoms. The van der Waals surface area contributed by atoms with Gasteiger partial charge in [0.05, 0.1) is 0 Å². The van der Waals surface area contributed by atoms with E-state index in [1.54, 1.807) is 0 Å². The van der Waals surface area contributed by atoms with E-state index in [0.29, 0.717) is 12.3 Å². The molecule has 1 aliphatic heterocycles. The van der Waals surface area contributed by atoms with Crippen LogP contribution in [0.3, 0.4) is 0 Å². The number of carbonyl (C=O) groups excluding carboxylic acids is 1. The smallest absolute Gasteiger partial charge is 0.220 e. The van der Waals surface area contributed by atoms with Crippen LogP contribution in [0.25, 0.3) is 0 Å². The molecule has 1 heterocycles. The third-order valence-electron chi connectivity index (χ3n) is 4.34. The molecule has 0 aromatic carbocycles. The zero-order chi connectivity index (χ0) is 14.1. The maximum absolute atomic E-state index is 11.9. The number of hydrogen-bond donors (Lipinski definition) is 2. The highest BCUT2D eigenvalue weighted by molar-refractivity contribution is 5.76. The van der Waals surface area contributed by atoms with Crippen molar-refractivity contribution in [2.45, 2.75) is 40.0 Å². The molecule has 1 rings (SSSR count). The van der Waals surface area contributed by atoms with Crippen molar-refractivity contribution in [3.05, 3.63) is 0 Å². The third kappa shape index (κ3) is 6.39. The highest BCUT2D eigenvalue weighted by Gasteiger charge is 2.21. The zero-order valence-electron chi connectivity index (χ0n) is 12.9. The summed E-state index contributed by atoms with van der Waals surface area (Å²) in [5.74, 6) is 1.45. The Morgan fingerprint density at radius 2 is 1.95 bits per heavy atom. The van der Waals surface area contributed by atoms with E-state index in [-0.39, 0.29) is 5.91 Å². The normalized spacial score (nSPS) is 18.5. The first-order valence-corrected chi connectivity index (χ1v) is 7.87. The molecule has 0 aliphatic carbocycles. The van der Waals surface area contributed by atoms with E-state index in [2.05, 4.69) is 36.3 Å². The minimum Gasteiger partial charge on any atom is -0.355 e. The van der Waals surface area contributed by atoms with Crippen molar-refractivity contribution in [2.75, 3.05) is 39.3 Å². The Balaban J connectivity index is 2.15. The standard InChI is InChI=1S/C15H31N3O/c1-4-18(5-2)11-10-17-15(19)12-13(3)14-6-8-16-9-7-14/h13-14,16H,4-12H2,1-3H3,(H,17,19). The summed E-state index contributed by atoms with van der Waals surface area (Å²) in [6.07, 6.45) is 3.12. The maximum Gasteiger partial charge on any atom is 0.220 e. The van der Waals surface area contributed by atoms with Crippen molar-refractivity contribution in [2.24, 2.45) is 11.8 Å². The molecule has 0 aromatic rings. The lowest BCUT2D eigenvalue weighted by Crippen LogP contribution is -2.37. The molecule has 1 atom stereocenters. The molecule has 1 unspecified atom stereocenters. The summed E-state index contributed by atoms with van der Waals surface area (Å²) in [6, 6.07) is 0. The maximum atomic E-state index is 11.9. The molecule has 1 fully saturated rings. The second-order valence-corrected chi connectivity index (χ2v) is 5.65. The first-order valence-electron chi connectivity index (χ1n) is 7.87. The largest absolute Gasteiger partial charge is 0.355 e. The topological polar surface area (TPSA) is 44.4 Å². The van der Waals surface area contributed by atoms with Crippen LogP contribution in [-0.4, -0.2) is 50.1 Å². The molecule has 1 saturated heterocycles. The van der Waals surface area contributed by atoms with Crippen molar-refractivity contribution in [3.63, 3.8) is 0 Å². The fourth-order valence-corrected chi connectivity index (χ4v) is 2.84. The molecule has 112 valence electrons. The minimum atomic E-state index is 0.221. The van der Waals surface area contributed by atoms with Gasteiger partial charge in [-0.1, -0.05) is 20.8 Å².